The van der Waals surface area contributed by atoms with Crippen molar-refractivity contribution in [2.75, 3.05) is 10.6 Å². The fraction of sp³-hybridized carbons (Fsp3) is 0.250. The van der Waals surface area contributed by atoms with Gasteiger partial charge in [0.05, 0.1) is 11.9 Å². The zero-order chi connectivity index (χ0) is 13.8. The lowest BCUT2D eigenvalue weighted by Gasteiger charge is -2.07. The summed E-state index contributed by atoms with van der Waals surface area (Å²) < 4.78 is 0. The van der Waals surface area contributed by atoms with Crippen LogP contribution in [0.2, 0.25) is 0 Å². The van der Waals surface area contributed by atoms with Crippen LogP contribution in [0, 0.1) is 5.92 Å². The number of rotatable bonds is 5. The zero-order valence-electron chi connectivity index (χ0n) is 11.2. The van der Waals surface area contributed by atoms with E-state index in [1.54, 1.807) is 6.20 Å². The van der Waals surface area contributed by atoms with E-state index in [0.717, 1.165) is 30.9 Å². The first kappa shape index (κ1) is 12.7. The standard InChI is InChI=1S/C16H17N3O/c20-16(13-6-7-13)19-14-8-9-15(18-11-14)17-10-12-4-2-1-3-5-12/h1-5,8-9,11,13H,6-7,10H2,(H,17,18)(H,19,20). The van der Waals surface area contributed by atoms with Crippen LogP contribution >= 0.6 is 0 Å². The SMILES string of the molecule is O=C(Nc1ccc(NCc2ccccc2)nc1)C1CC1. The molecule has 2 N–H and O–H groups in total. The Hall–Kier alpha value is -2.36. The fourth-order valence-corrected chi connectivity index (χ4v) is 1.95. The number of carbonyl (C=O) groups is 1. The van der Waals surface area contributed by atoms with Crippen LogP contribution in [0.25, 0.3) is 0 Å². The number of pyridine rings is 1. The number of amides is 1. The fourth-order valence-electron chi connectivity index (χ4n) is 1.95. The number of nitrogens with one attached hydrogen (secondary N) is 2. The maximum atomic E-state index is 11.6. The lowest BCUT2D eigenvalue weighted by Crippen LogP contribution is -2.13. The van der Waals surface area contributed by atoms with Crippen LogP contribution < -0.4 is 10.6 Å². The highest BCUT2D eigenvalue weighted by Crippen LogP contribution is 2.30. The molecule has 0 atom stereocenters. The van der Waals surface area contributed by atoms with Crippen molar-refractivity contribution < 1.29 is 4.79 Å². The minimum Gasteiger partial charge on any atom is -0.366 e. The topological polar surface area (TPSA) is 54.0 Å². The summed E-state index contributed by atoms with van der Waals surface area (Å²) in [5.41, 5.74) is 1.97. The first-order valence-corrected chi connectivity index (χ1v) is 6.86. The highest BCUT2D eigenvalue weighted by atomic mass is 16.2. The van der Waals surface area contributed by atoms with Crippen LogP contribution in [-0.4, -0.2) is 10.9 Å². The van der Waals surface area contributed by atoms with Gasteiger partial charge in [-0.15, -0.1) is 0 Å². The molecule has 0 radical (unpaired) electrons. The van der Waals surface area contributed by atoms with Crippen molar-refractivity contribution >= 4 is 17.4 Å². The van der Waals surface area contributed by atoms with Gasteiger partial charge in [-0.05, 0) is 30.5 Å². The Balaban J connectivity index is 1.54. The van der Waals surface area contributed by atoms with E-state index in [2.05, 4.69) is 27.8 Å². The Morgan fingerprint density at radius 2 is 1.95 bits per heavy atom. The van der Waals surface area contributed by atoms with Crippen molar-refractivity contribution in [3.05, 3.63) is 54.2 Å². The predicted molar refractivity (Wildman–Crippen MR) is 79.4 cm³/mol. The van der Waals surface area contributed by atoms with E-state index < -0.39 is 0 Å². The molecule has 1 fully saturated rings. The van der Waals surface area contributed by atoms with Crippen LogP contribution in [-0.2, 0) is 11.3 Å². The molecule has 1 aromatic carbocycles. The lowest BCUT2D eigenvalue weighted by molar-refractivity contribution is -0.117. The molecular weight excluding hydrogens is 250 g/mol. The lowest BCUT2D eigenvalue weighted by atomic mass is 10.2. The third kappa shape index (κ3) is 3.35. The highest BCUT2D eigenvalue weighted by Gasteiger charge is 2.29. The molecule has 0 spiro atoms. The molecule has 102 valence electrons. The molecule has 20 heavy (non-hydrogen) atoms. The van der Waals surface area contributed by atoms with Crippen LogP contribution in [0.1, 0.15) is 18.4 Å². The van der Waals surface area contributed by atoms with E-state index in [4.69, 9.17) is 0 Å². The van der Waals surface area contributed by atoms with E-state index in [-0.39, 0.29) is 11.8 Å². The molecule has 0 bridgehead atoms. The van der Waals surface area contributed by atoms with E-state index in [9.17, 15) is 4.79 Å². The van der Waals surface area contributed by atoms with Gasteiger partial charge < -0.3 is 10.6 Å². The summed E-state index contributed by atoms with van der Waals surface area (Å²) in [4.78, 5) is 15.9. The van der Waals surface area contributed by atoms with Gasteiger partial charge in [0.25, 0.3) is 0 Å². The molecule has 3 rings (SSSR count). The van der Waals surface area contributed by atoms with Gasteiger partial charge >= 0.3 is 0 Å². The zero-order valence-corrected chi connectivity index (χ0v) is 11.2. The third-order valence-corrected chi connectivity index (χ3v) is 3.30. The number of hydrogen-bond acceptors (Lipinski definition) is 3. The van der Waals surface area contributed by atoms with Crippen molar-refractivity contribution in [2.45, 2.75) is 19.4 Å². The number of anilines is 2. The second-order valence-corrected chi connectivity index (χ2v) is 5.03. The summed E-state index contributed by atoms with van der Waals surface area (Å²) in [7, 11) is 0. The number of hydrogen-bond donors (Lipinski definition) is 2. The summed E-state index contributed by atoms with van der Waals surface area (Å²) in [6.45, 7) is 0.738. The van der Waals surface area contributed by atoms with Gasteiger partial charge in [-0.3, -0.25) is 4.79 Å². The van der Waals surface area contributed by atoms with Crippen molar-refractivity contribution in [2.24, 2.45) is 5.92 Å². The summed E-state index contributed by atoms with van der Waals surface area (Å²) >= 11 is 0. The second-order valence-electron chi connectivity index (χ2n) is 5.03. The monoisotopic (exact) mass is 267 g/mol. The number of nitrogens with zero attached hydrogens (tertiary/aromatic N) is 1. The van der Waals surface area contributed by atoms with E-state index in [1.807, 2.05) is 30.3 Å². The van der Waals surface area contributed by atoms with Crippen molar-refractivity contribution in [3.63, 3.8) is 0 Å². The van der Waals surface area contributed by atoms with E-state index in [1.165, 1.54) is 5.56 Å². The average molecular weight is 267 g/mol. The minimum absolute atomic E-state index is 0.108. The summed E-state index contributed by atoms with van der Waals surface area (Å²) in [6.07, 6.45) is 3.71. The van der Waals surface area contributed by atoms with Crippen LogP contribution in [0.4, 0.5) is 11.5 Å². The third-order valence-electron chi connectivity index (χ3n) is 3.30. The molecule has 1 amide bonds. The smallest absolute Gasteiger partial charge is 0.227 e. The first-order valence-electron chi connectivity index (χ1n) is 6.86. The molecule has 0 aliphatic heterocycles. The van der Waals surface area contributed by atoms with E-state index in [0.29, 0.717) is 0 Å². The van der Waals surface area contributed by atoms with Gasteiger partial charge in [0.2, 0.25) is 5.91 Å². The van der Waals surface area contributed by atoms with Gasteiger partial charge in [-0.1, -0.05) is 30.3 Å². The summed E-state index contributed by atoms with van der Waals surface area (Å²) in [5.74, 6) is 1.13. The number of benzene rings is 1. The van der Waals surface area contributed by atoms with Gasteiger partial charge in [-0.2, -0.15) is 0 Å². The maximum Gasteiger partial charge on any atom is 0.227 e. The van der Waals surface area contributed by atoms with Crippen molar-refractivity contribution in [3.8, 4) is 0 Å². The predicted octanol–water partition coefficient (Wildman–Crippen LogP) is 3.04. The molecule has 1 saturated carbocycles. The van der Waals surface area contributed by atoms with Crippen LogP contribution in [0.15, 0.2) is 48.7 Å². The Morgan fingerprint density at radius 1 is 1.15 bits per heavy atom. The van der Waals surface area contributed by atoms with Crippen LogP contribution in [0.3, 0.4) is 0 Å². The highest BCUT2D eigenvalue weighted by molar-refractivity contribution is 5.93. The second kappa shape index (κ2) is 5.74. The van der Waals surface area contributed by atoms with Crippen LogP contribution in [0.5, 0.6) is 0 Å². The first-order chi connectivity index (χ1) is 9.81. The van der Waals surface area contributed by atoms with Gasteiger partial charge in [0, 0.05) is 12.5 Å². The molecular formula is C16H17N3O. The van der Waals surface area contributed by atoms with Crippen molar-refractivity contribution in [1.82, 2.24) is 4.98 Å². The molecule has 0 unspecified atom stereocenters. The van der Waals surface area contributed by atoms with Gasteiger partial charge in [0.1, 0.15) is 5.82 Å². The molecule has 1 aromatic heterocycles. The molecule has 2 aromatic rings. The normalized spacial score (nSPS) is 13.8. The Labute approximate surface area is 118 Å². The maximum absolute atomic E-state index is 11.6. The Bertz CT molecular complexity index is 576. The van der Waals surface area contributed by atoms with Gasteiger partial charge in [0.15, 0.2) is 0 Å². The molecule has 4 heteroatoms. The average Bonchev–Trinajstić information content (AvgIpc) is 3.32. The molecule has 1 aliphatic rings. The van der Waals surface area contributed by atoms with Crippen molar-refractivity contribution in [1.29, 1.82) is 0 Å². The van der Waals surface area contributed by atoms with E-state index >= 15 is 0 Å². The number of aromatic nitrogens is 1. The molecule has 1 heterocycles. The molecule has 0 saturated heterocycles. The molecule has 1 aliphatic carbocycles. The quantitative estimate of drug-likeness (QED) is 0.875. The number of carbonyl (C=O) groups excluding carboxylic acids is 1. The Morgan fingerprint density at radius 3 is 2.60 bits per heavy atom. The minimum atomic E-state index is 0.108. The largest absolute Gasteiger partial charge is 0.366 e. The van der Waals surface area contributed by atoms with Gasteiger partial charge in [-0.25, -0.2) is 4.98 Å². The summed E-state index contributed by atoms with van der Waals surface area (Å²) in [6, 6.07) is 13.9. The summed E-state index contributed by atoms with van der Waals surface area (Å²) in [5, 5.41) is 6.13. The Kier molecular flexibility index (Phi) is 3.63. The molecule has 4 nitrogen and oxygen atoms in total.